The lowest BCUT2D eigenvalue weighted by atomic mass is 10.2. The molecule has 1 aliphatic heterocycles. The molecule has 1 unspecified atom stereocenters. The Morgan fingerprint density at radius 3 is 2.74 bits per heavy atom. The van der Waals surface area contributed by atoms with Crippen LogP contribution in [0.1, 0.15) is 30.7 Å². The molecule has 1 atom stereocenters. The Labute approximate surface area is 114 Å². The zero-order valence-electron chi connectivity index (χ0n) is 11.7. The molecule has 6 nitrogen and oxygen atoms in total. The average Bonchev–Trinajstić information content (AvgIpc) is 2.88. The van der Waals surface area contributed by atoms with Crippen molar-refractivity contribution in [1.82, 2.24) is 19.8 Å². The Morgan fingerprint density at radius 1 is 1.47 bits per heavy atom. The van der Waals surface area contributed by atoms with Crippen molar-refractivity contribution in [3.63, 3.8) is 0 Å². The van der Waals surface area contributed by atoms with Crippen LogP contribution >= 0.6 is 0 Å². The molecular weight excluding hydrogens is 264 g/mol. The van der Waals surface area contributed by atoms with Gasteiger partial charge in [0.1, 0.15) is 4.90 Å². The van der Waals surface area contributed by atoms with Crippen LogP contribution in [-0.4, -0.2) is 37.3 Å². The van der Waals surface area contributed by atoms with Gasteiger partial charge in [-0.05, 0) is 39.7 Å². The predicted molar refractivity (Wildman–Crippen MR) is 73.5 cm³/mol. The van der Waals surface area contributed by atoms with Crippen LogP contribution in [0.2, 0.25) is 0 Å². The van der Waals surface area contributed by atoms with E-state index in [0.717, 1.165) is 19.4 Å². The van der Waals surface area contributed by atoms with E-state index in [-0.39, 0.29) is 0 Å². The van der Waals surface area contributed by atoms with Crippen LogP contribution in [0.4, 0.5) is 0 Å². The SMILES string of the molecule is Cc1nn(C)c(C)c1S(=O)(=O)NCCC1CCCN1. The summed E-state index contributed by atoms with van der Waals surface area (Å²) in [5.41, 5.74) is 1.22. The van der Waals surface area contributed by atoms with Crippen molar-refractivity contribution in [2.75, 3.05) is 13.1 Å². The van der Waals surface area contributed by atoms with Gasteiger partial charge >= 0.3 is 0 Å². The van der Waals surface area contributed by atoms with Gasteiger partial charge in [-0.1, -0.05) is 0 Å². The molecule has 2 rings (SSSR count). The van der Waals surface area contributed by atoms with Crippen molar-refractivity contribution >= 4 is 10.0 Å². The predicted octanol–water partition coefficient (Wildman–Crippen LogP) is 0.457. The zero-order chi connectivity index (χ0) is 14.0. The van der Waals surface area contributed by atoms with Gasteiger partial charge in [-0.2, -0.15) is 5.10 Å². The second-order valence-electron chi connectivity index (χ2n) is 5.10. The third-order valence-electron chi connectivity index (χ3n) is 3.66. The first-order valence-corrected chi connectivity index (χ1v) is 8.13. The molecule has 0 aromatic carbocycles. The molecule has 1 saturated heterocycles. The van der Waals surface area contributed by atoms with E-state index >= 15 is 0 Å². The lowest BCUT2D eigenvalue weighted by Gasteiger charge is -2.11. The van der Waals surface area contributed by atoms with E-state index in [1.54, 1.807) is 25.6 Å². The van der Waals surface area contributed by atoms with E-state index in [2.05, 4.69) is 15.1 Å². The van der Waals surface area contributed by atoms with Crippen LogP contribution in [0.15, 0.2) is 4.90 Å². The van der Waals surface area contributed by atoms with Gasteiger partial charge in [0.25, 0.3) is 0 Å². The van der Waals surface area contributed by atoms with Crippen molar-refractivity contribution in [3.8, 4) is 0 Å². The largest absolute Gasteiger partial charge is 0.314 e. The summed E-state index contributed by atoms with van der Waals surface area (Å²) < 4.78 is 28.8. The molecule has 0 aliphatic carbocycles. The highest BCUT2D eigenvalue weighted by Crippen LogP contribution is 2.18. The number of hydrogen-bond acceptors (Lipinski definition) is 4. The number of nitrogens with one attached hydrogen (secondary N) is 2. The number of aromatic nitrogens is 2. The molecule has 7 heteroatoms. The normalized spacial score (nSPS) is 20.1. The van der Waals surface area contributed by atoms with Crippen molar-refractivity contribution in [3.05, 3.63) is 11.4 Å². The molecule has 2 heterocycles. The molecule has 0 spiro atoms. The van der Waals surface area contributed by atoms with Gasteiger partial charge in [-0.15, -0.1) is 0 Å². The van der Waals surface area contributed by atoms with Crippen LogP contribution in [0.5, 0.6) is 0 Å². The molecule has 0 bridgehead atoms. The van der Waals surface area contributed by atoms with Crippen molar-refractivity contribution in [2.45, 2.75) is 44.0 Å². The van der Waals surface area contributed by atoms with E-state index in [1.165, 1.54) is 6.42 Å². The van der Waals surface area contributed by atoms with Crippen LogP contribution in [0, 0.1) is 13.8 Å². The minimum Gasteiger partial charge on any atom is -0.314 e. The van der Waals surface area contributed by atoms with E-state index in [0.29, 0.717) is 28.9 Å². The molecule has 1 aromatic heterocycles. The minimum absolute atomic E-state index is 0.314. The van der Waals surface area contributed by atoms with Crippen molar-refractivity contribution in [1.29, 1.82) is 0 Å². The second kappa shape index (κ2) is 5.60. The summed E-state index contributed by atoms with van der Waals surface area (Å²) in [6.45, 7) is 5.00. The van der Waals surface area contributed by atoms with Gasteiger partial charge in [0, 0.05) is 19.6 Å². The smallest absolute Gasteiger partial charge is 0.244 e. The minimum atomic E-state index is -3.45. The summed E-state index contributed by atoms with van der Waals surface area (Å²) in [4.78, 5) is 0.314. The molecule has 108 valence electrons. The molecular formula is C12H22N4O2S. The first-order chi connectivity index (χ1) is 8.92. The third-order valence-corrected chi connectivity index (χ3v) is 5.37. The summed E-state index contributed by atoms with van der Waals surface area (Å²) >= 11 is 0. The van der Waals surface area contributed by atoms with Gasteiger partial charge in [-0.25, -0.2) is 13.1 Å². The quantitative estimate of drug-likeness (QED) is 0.824. The van der Waals surface area contributed by atoms with Gasteiger partial charge in [0.2, 0.25) is 10.0 Å². The average molecular weight is 286 g/mol. The topological polar surface area (TPSA) is 76.0 Å². The van der Waals surface area contributed by atoms with Crippen LogP contribution in [-0.2, 0) is 17.1 Å². The molecule has 1 fully saturated rings. The highest BCUT2D eigenvalue weighted by atomic mass is 32.2. The summed E-state index contributed by atoms with van der Waals surface area (Å²) in [5.74, 6) is 0. The summed E-state index contributed by atoms with van der Waals surface area (Å²) in [5, 5.41) is 7.51. The monoisotopic (exact) mass is 286 g/mol. The van der Waals surface area contributed by atoms with Gasteiger partial charge in [-0.3, -0.25) is 4.68 Å². The Balaban J connectivity index is 2.01. The standard InChI is InChI=1S/C12H22N4O2S/c1-9-12(10(2)16(3)15-9)19(17,18)14-8-6-11-5-4-7-13-11/h11,13-14H,4-8H2,1-3H3. The van der Waals surface area contributed by atoms with Crippen LogP contribution < -0.4 is 10.0 Å². The Bertz CT molecular complexity index is 544. The number of nitrogens with zero attached hydrogens (tertiary/aromatic N) is 2. The summed E-state index contributed by atoms with van der Waals surface area (Å²) in [7, 11) is -1.70. The maximum atomic E-state index is 12.3. The molecule has 2 N–H and O–H groups in total. The Hall–Kier alpha value is -0.920. The van der Waals surface area contributed by atoms with Crippen LogP contribution in [0.3, 0.4) is 0 Å². The number of rotatable bonds is 5. The number of hydrogen-bond donors (Lipinski definition) is 2. The van der Waals surface area contributed by atoms with Crippen molar-refractivity contribution in [2.24, 2.45) is 7.05 Å². The molecule has 1 aliphatic rings. The van der Waals surface area contributed by atoms with E-state index < -0.39 is 10.0 Å². The van der Waals surface area contributed by atoms with E-state index in [1.807, 2.05) is 0 Å². The maximum Gasteiger partial charge on any atom is 0.244 e. The number of aryl methyl sites for hydroxylation is 2. The fraction of sp³-hybridized carbons (Fsp3) is 0.750. The van der Waals surface area contributed by atoms with E-state index in [4.69, 9.17) is 0 Å². The fourth-order valence-corrected chi connectivity index (χ4v) is 4.07. The van der Waals surface area contributed by atoms with Crippen LogP contribution in [0.25, 0.3) is 0 Å². The summed E-state index contributed by atoms with van der Waals surface area (Å²) in [6, 6.07) is 0.443. The third kappa shape index (κ3) is 3.16. The number of sulfonamides is 1. The summed E-state index contributed by atoms with van der Waals surface area (Å²) in [6.07, 6.45) is 3.14. The van der Waals surface area contributed by atoms with Crippen molar-refractivity contribution < 1.29 is 8.42 Å². The first-order valence-electron chi connectivity index (χ1n) is 6.65. The molecule has 0 radical (unpaired) electrons. The highest BCUT2D eigenvalue weighted by Gasteiger charge is 2.24. The second-order valence-corrected chi connectivity index (χ2v) is 6.81. The Morgan fingerprint density at radius 2 is 2.21 bits per heavy atom. The lowest BCUT2D eigenvalue weighted by molar-refractivity contribution is 0.539. The first kappa shape index (κ1) is 14.5. The fourth-order valence-electron chi connectivity index (χ4n) is 2.59. The highest BCUT2D eigenvalue weighted by molar-refractivity contribution is 7.89. The molecule has 0 saturated carbocycles. The zero-order valence-corrected chi connectivity index (χ0v) is 12.5. The van der Waals surface area contributed by atoms with Gasteiger partial charge in [0.15, 0.2) is 0 Å². The molecule has 1 aromatic rings. The van der Waals surface area contributed by atoms with Gasteiger partial charge < -0.3 is 5.32 Å². The lowest BCUT2D eigenvalue weighted by Crippen LogP contribution is -2.31. The van der Waals surface area contributed by atoms with E-state index in [9.17, 15) is 8.42 Å². The maximum absolute atomic E-state index is 12.3. The molecule has 19 heavy (non-hydrogen) atoms. The molecule has 0 amide bonds. The van der Waals surface area contributed by atoms with Gasteiger partial charge in [0.05, 0.1) is 11.4 Å². The Kier molecular flexibility index (Phi) is 4.27.